The Kier molecular flexibility index (Phi) is 3.60. The number of pyridine rings is 1. The number of imidazole rings is 1. The summed E-state index contributed by atoms with van der Waals surface area (Å²) in [6.07, 6.45) is 7.02. The van der Waals surface area contributed by atoms with Gasteiger partial charge in [-0.1, -0.05) is 6.07 Å². The maximum atomic E-state index is 13.8. The van der Waals surface area contributed by atoms with Gasteiger partial charge in [-0.15, -0.1) is 0 Å². The molecule has 0 radical (unpaired) electrons. The molecule has 0 unspecified atom stereocenters. The number of ether oxygens (including phenoxy) is 3. The van der Waals surface area contributed by atoms with Crippen LogP contribution in [0.3, 0.4) is 0 Å². The van der Waals surface area contributed by atoms with Gasteiger partial charge in [-0.2, -0.15) is 0 Å². The number of fused-ring (bicyclic) bond motifs is 2. The quantitative estimate of drug-likeness (QED) is 0.554. The van der Waals surface area contributed by atoms with Crippen LogP contribution in [0.4, 0.5) is 4.39 Å². The molecule has 0 aliphatic carbocycles. The van der Waals surface area contributed by atoms with Crippen LogP contribution in [0.5, 0.6) is 17.4 Å². The second-order valence-electron chi connectivity index (χ2n) is 5.90. The van der Waals surface area contributed by atoms with Gasteiger partial charge in [0.05, 0.1) is 5.69 Å². The van der Waals surface area contributed by atoms with Crippen LogP contribution in [-0.4, -0.2) is 26.1 Å². The summed E-state index contributed by atoms with van der Waals surface area (Å²) in [6, 6.07) is 8.46. The summed E-state index contributed by atoms with van der Waals surface area (Å²) < 4.78 is 31.8. The Labute approximate surface area is 153 Å². The molecular weight excluding hydrogens is 351 g/mol. The number of hydrogen-bond donors (Lipinski definition) is 0. The Morgan fingerprint density at radius 1 is 1.07 bits per heavy atom. The third kappa shape index (κ3) is 2.80. The summed E-state index contributed by atoms with van der Waals surface area (Å²) in [6.45, 7) is 0.275. The van der Waals surface area contributed by atoms with E-state index < -0.39 is 5.82 Å². The zero-order valence-electron chi connectivity index (χ0n) is 14.0. The van der Waals surface area contributed by atoms with Crippen LogP contribution in [-0.2, 0) is 6.61 Å². The molecule has 8 heteroatoms. The SMILES string of the molecule is Fc1ccc(-c2cnc3nc(COc4ccccn4)cn3c2)c2c1OCO2. The first-order chi connectivity index (χ1) is 13.3. The fourth-order valence-corrected chi connectivity index (χ4v) is 2.91. The second-order valence-corrected chi connectivity index (χ2v) is 5.90. The van der Waals surface area contributed by atoms with Crippen molar-refractivity contribution in [2.75, 3.05) is 6.79 Å². The van der Waals surface area contributed by atoms with Crippen LogP contribution in [0.25, 0.3) is 16.9 Å². The minimum atomic E-state index is -0.447. The average Bonchev–Trinajstić information content (AvgIpc) is 3.34. The maximum Gasteiger partial charge on any atom is 0.234 e. The van der Waals surface area contributed by atoms with Gasteiger partial charge in [-0.05, 0) is 18.2 Å². The van der Waals surface area contributed by atoms with Crippen molar-refractivity contribution in [2.24, 2.45) is 0 Å². The lowest BCUT2D eigenvalue weighted by Gasteiger charge is -2.06. The molecule has 0 N–H and O–H groups in total. The molecule has 0 spiro atoms. The van der Waals surface area contributed by atoms with Gasteiger partial charge < -0.3 is 14.2 Å². The van der Waals surface area contributed by atoms with Crippen molar-refractivity contribution in [2.45, 2.75) is 6.61 Å². The van der Waals surface area contributed by atoms with Crippen molar-refractivity contribution < 1.29 is 18.6 Å². The third-order valence-electron chi connectivity index (χ3n) is 4.15. The molecule has 0 bridgehead atoms. The fourth-order valence-electron chi connectivity index (χ4n) is 2.91. The zero-order chi connectivity index (χ0) is 18.2. The van der Waals surface area contributed by atoms with Crippen LogP contribution in [0.1, 0.15) is 5.69 Å². The van der Waals surface area contributed by atoms with E-state index in [4.69, 9.17) is 14.2 Å². The maximum absolute atomic E-state index is 13.8. The Bertz CT molecular complexity index is 1130. The second kappa shape index (κ2) is 6.24. The minimum absolute atomic E-state index is 0.000969. The summed E-state index contributed by atoms with van der Waals surface area (Å²) in [5, 5.41) is 0. The van der Waals surface area contributed by atoms with Crippen LogP contribution in [0.15, 0.2) is 55.1 Å². The molecule has 1 aliphatic rings. The summed E-state index contributed by atoms with van der Waals surface area (Å²) in [5.41, 5.74) is 2.19. The Hall–Kier alpha value is -3.68. The van der Waals surface area contributed by atoms with Crippen molar-refractivity contribution in [3.05, 3.63) is 66.6 Å². The lowest BCUT2D eigenvalue weighted by Crippen LogP contribution is -1.96. The van der Waals surface area contributed by atoms with Gasteiger partial charge in [0.15, 0.2) is 11.6 Å². The van der Waals surface area contributed by atoms with Gasteiger partial charge in [0.25, 0.3) is 0 Å². The van der Waals surface area contributed by atoms with Crippen LogP contribution < -0.4 is 14.2 Å². The molecular formula is C19H13FN4O3. The van der Waals surface area contributed by atoms with E-state index >= 15 is 0 Å². The molecule has 0 fully saturated rings. The Balaban J connectivity index is 1.45. The van der Waals surface area contributed by atoms with Crippen molar-refractivity contribution >= 4 is 5.78 Å². The first-order valence-corrected chi connectivity index (χ1v) is 8.24. The molecule has 134 valence electrons. The van der Waals surface area contributed by atoms with Gasteiger partial charge in [0, 0.05) is 42.0 Å². The van der Waals surface area contributed by atoms with E-state index in [2.05, 4.69) is 15.0 Å². The number of aromatic nitrogens is 4. The zero-order valence-corrected chi connectivity index (χ0v) is 14.0. The molecule has 1 aliphatic heterocycles. The highest BCUT2D eigenvalue weighted by Gasteiger charge is 2.23. The molecule has 1 aromatic carbocycles. The van der Waals surface area contributed by atoms with Crippen LogP contribution in [0, 0.1) is 5.82 Å². The van der Waals surface area contributed by atoms with Crippen LogP contribution >= 0.6 is 0 Å². The minimum Gasteiger partial charge on any atom is -0.471 e. The van der Waals surface area contributed by atoms with E-state index in [1.807, 2.05) is 24.5 Å². The number of nitrogens with zero attached hydrogens (tertiary/aromatic N) is 4. The highest BCUT2D eigenvalue weighted by molar-refractivity contribution is 5.74. The molecule has 0 amide bonds. The lowest BCUT2D eigenvalue weighted by atomic mass is 10.1. The fraction of sp³-hybridized carbons (Fsp3) is 0.105. The molecule has 27 heavy (non-hydrogen) atoms. The van der Waals surface area contributed by atoms with E-state index in [1.165, 1.54) is 6.07 Å². The van der Waals surface area contributed by atoms with Gasteiger partial charge in [0.1, 0.15) is 6.61 Å². The molecule has 7 nitrogen and oxygen atoms in total. The molecule has 3 aromatic heterocycles. The molecule has 0 atom stereocenters. The largest absolute Gasteiger partial charge is 0.471 e. The monoisotopic (exact) mass is 364 g/mol. The highest BCUT2D eigenvalue weighted by Crippen LogP contribution is 2.42. The summed E-state index contributed by atoms with van der Waals surface area (Å²) in [7, 11) is 0. The van der Waals surface area contributed by atoms with Crippen molar-refractivity contribution in [1.82, 2.24) is 19.4 Å². The predicted molar refractivity (Wildman–Crippen MR) is 93.1 cm³/mol. The normalized spacial score (nSPS) is 12.5. The smallest absolute Gasteiger partial charge is 0.234 e. The number of hydrogen-bond acceptors (Lipinski definition) is 6. The average molecular weight is 364 g/mol. The van der Waals surface area contributed by atoms with E-state index in [-0.39, 0.29) is 19.1 Å². The Morgan fingerprint density at radius 3 is 2.89 bits per heavy atom. The molecule has 4 aromatic rings. The lowest BCUT2D eigenvalue weighted by molar-refractivity contribution is 0.171. The van der Waals surface area contributed by atoms with Crippen molar-refractivity contribution in [3.8, 4) is 28.5 Å². The van der Waals surface area contributed by atoms with E-state index in [0.29, 0.717) is 28.7 Å². The van der Waals surface area contributed by atoms with Gasteiger partial charge >= 0.3 is 0 Å². The van der Waals surface area contributed by atoms with Gasteiger partial charge in [-0.3, -0.25) is 4.40 Å². The van der Waals surface area contributed by atoms with E-state index in [9.17, 15) is 4.39 Å². The molecule has 0 saturated heterocycles. The standard InChI is InChI=1S/C19H13FN4O3/c20-15-5-4-14(17-18(15)27-11-26-17)12-7-22-19-23-13(9-24(19)8-12)10-25-16-3-1-2-6-21-16/h1-9H,10-11H2. The summed E-state index contributed by atoms with van der Waals surface area (Å²) in [4.78, 5) is 12.9. The Morgan fingerprint density at radius 2 is 2.00 bits per heavy atom. The predicted octanol–water partition coefficient (Wildman–Crippen LogP) is 3.24. The summed E-state index contributed by atoms with van der Waals surface area (Å²) in [5.74, 6) is 1.13. The van der Waals surface area contributed by atoms with Crippen LogP contribution in [0.2, 0.25) is 0 Å². The summed E-state index contributed by atoms with van der Waals surface area (Å²) >= 11 is 0. The number of rotatable bonds is 4. The van der Waals surface area contributed by atoms with Gasteiger partial charge in [-0.25, -0.2) is 19.3 Å². The first kappa shape index (κ1) is 15.6. The van der Waals surface area contributed by atoms with Crippen molar-refractivity contribution in [3.63, 3.8) is 0 Å². The topological polar surface area (TPSA) is 70.8 Å². The number of halogens is 1. The third-order valence-corrected chi connectivity index (χ3v) is 4.15. The molecule has 4 heterocycles. The highest BCUT2D eigenvalue weighted by atomic mass is 19.1. The first-order valence-electron chi connectivity index (χ1n) is 8.24. The van der Waals surface area contributed by atoms with E-state index in [1.54, 1.807) is 28.9 Å². The van der Waals surface area contributed by atoms with Gasteiger partial charge in [0.2, 0.25) is 24.2 Å². The van der Waals surface area contributed by atoms with E-state index in [0.717, 1.165) is 5.56 Å². The van der Waals surface area contributed by atoms with Crippen molar-refractivity contribution in [1.29, 1.82) is 0 Å². The molecule has 0 saturated carbocycles. The molecule has 5 rings (SSSR count). The number of benzene rings is 1.